The molecule has 0 aliphatic carbocycles. The molecule has 1 aliphatic heterocycles. The molecule has 0 bridgehead atoms. The summed E-state index contributed by atoms with van der Waals surface area (Å²) in [7, 11) is 0. The van der Waals surface area contributed by atoms with Gasteiger partial charge in [-0.05, 0) is 60.4 Å². The highest BCUT2D eigenvalue weighted by Gasteiger charge is 2.23. The second-order valence-electron chi connectivity index (χ2n) is 10.9. The van der Waals surface area contributed by atoms with Crippen molar-refractivity contribution < 1.29 is 18.6 Å². The molecular weight excluding hydrogens is 631 g/mol. The molecule has 0 spiro atoms. The van der Waals surface area contributed by atoms with Crippen molar-refractivity contribution in [1.29, 1.82) is 0 Å². The van der Waals surface area contributed by atoms with E-state index in [-0.39, 0.29) is 35.2 Å². The van der Waals surface area contributed by atoms with Crippen LogP contribution < -0.4 is 0 Å². The Morgan fingerprint density at radius 3 is 2.48 bits per heavy atom. The molecule has 0 amide bonds. The first-order valence-electron chi connectivity index (χ1n) is 14.3. The predicted molar refractivity (Wildman–Crippen MR) is 164 cm³/mol. The first kappa shape index (κ1) is 29.8. The van der Waals surface area contributed by atoms with Crippen molar-refractivity contribution in [3.05, 3.63) is 128 Å². The molecule has 226 valence electrons. The van der Waals surface area contributed by atoms with Crippen LogP contribution in [-0.2, 0) is 24.3 Å². The van der Waals surface area contributed by atoms with Crippen LogP contribution in [0, 0.1) is 15.9 Å². The smallest absolute Gasteiger partial charge is 0.269 e. The summed E-state index contributed by atoms with van der Waals surface area (Å²) >= 11 is 3.50. The molecule has 10 nitrogen and oxygen atoms in total. The van der Waals surface area contributed by atoms with E-state index < -0.39 is 0 Å². The Balaban J connectivity index is 1.07. The summed E-state index contributed by atoms with van der Waals surface area (Å²) in [4.78, 5) is 12.9. The number of aromatic nitrogens is 4. The van der Waals surface area contributed by atoms with Crippen molar-refractivity contribution in [2.75, 3.05) is 13.1 Å². The number of likely N-dealkylation sites (tertiary alicyclic amines) is 1. The summed E-state index contributed by atoms with van der Waals surface area (Å²) in [5.74, 6) is 0.260. The van der Waals surface area contributed by atoms with Crippen molar-refractivity contribution in [1.82, 2.24) is 25.1 Å². The highest BCUT2D eigenvalue weighted by atomic mass is 79.9. The summed E-state index contributed by atoms with van der Waals surface area (Å²) in [6, 6.07) is 22.9. The minimum atomic E-state index is -0.377. The van der Waals surface area contributed by atoms with Gasteiger partial charge >= 0.3 is 0 Å². The summed E-state index contributed by atoms with van der Waals surface area (Å²) in [5.41, 5.74) is 4.38. The van der Waals surface area contributed by atoms with Crippen LogP contribution in [0.4, 0.5) is 10.1 Å². The van der Waals surface area contributed by atoms with Gasteiger partial charge in [0.2, 0.25) is 0 Å². The zero-order chi connectivity index (χ0) is 30.5. The number of rotatable bonds is 11. The normalized spacial score (nSPS) is 15.0. The van der Waals surface area contributed by atoms with Crippen LogP contribution in [0.25, 0.3) is 11.3 Å². The number of non-ortho nitro benzene ring substituents is 1. The van der Waals surface area contributed by atoms with Crippen LogP contribution in [0.15, 0.2) is 94.1 Å². The van der Waals surface area contributed by atoms with Crippen molar-refractivity contribution in [3.8, 4) is 11.3 Å². The lowest BCUT2D eigenvalue weighted by atomic mass is 10.0. The van der Waals surface area contributed by atoms with E-state index in [1.54, 1.807) is 30.3 Å². The average Bonchev–Trinajstić information content (AvgIpc) is 3.71. The fourth-order valence-electron chi connectivity index (χ4n) is 5.37. The second-order valence-corrected chi connectivity index (χ2v) is 11.8. The van der Waals surface area contributed by atoms with Gasteiger partial charge in [0.1, 0.15) is 18.1 Å². The van der Waals surface area contributed by atoms with E-state index in [4.69, 9.17) is 9.26 Å². The van der Waals surface area contributed by atoms with E-state index >= 15 is 0 Å². The van der Waals surface area contributed by atoms with Crippen LogP contribution >= 0.6 is 15.9 Å². The Hall–Kier alpha value is -4.26. The monoisotopic (exact) mass is 660 g/mol. The molecule has 0 N–H and O–H groups in total. The number of piperidine rings is 1. The largest absolute Gasteiger partial charge is 0.365 e. The first-order valence-corrected chi connectivity index (χ1v) is 15.1. The van der Waals surface area contributed by atoms with Gasteiger partial charge in [-0.3, -0.25) is 15.0 Å². The Morgan fingerprint density at radius 2 is 1.77 bits per heavy atom. The van der Waals surface area contributed by atoms with E-state index in [0.29, 0.717) is 17.9 Å². The maximum Gasteiger partial charge on any atom is 0.269 e. The van der Waals surface area contributed by atoms with Crippen molar-refractivity contribution in [3.63, 3.8) is 0 Å². The fourth-order valence-corrected chi connectivity index (χ4v) is 5.63. The van der Waals surface area contributed by atoms with Gasteiger partial charge in [0.25, 0.3) is 5.69 Å². The molecule has 1 aliphatic rings. The topological polar surface area (TPSA) is 112 Å². The van der Waals surface area contributed by atoms with Crippen LogP contribution in [0.3, 0.4) is 0 Å². The summed E-state index contributed by atoms with van der Waals surface area (Å²) in [5, 5.41) is 24.0. The predicted octanol–water partition coefficient (Wildman–Crippen LogP) is 7.08. The van der Waals surface area contributed by atoms with Gasteiger partial charge in [-0.15, -0.1) is 5.10 Å². The number of halogens is 2. The first-order chi connectivity index (χ1) is 21.4. The third-order valence-electron chi connectivity index (χ3n) is 7.80. The van der Waals surface area contributed by atoms with Crippen molar-refractivity contribution in [2.24, 2.45) is 0 Å². The van der Waals surface area contributed by atoms with E-state index in [2.05, 4.69) is 36.3 Å². The zero-order valence-electron chi connectivity index (χ0n) is 23.8. The van der Waals surface area contributed by atoms with Crippen LogP contribution in [0.5, 0.6) is 0 Å². The molecular formula is C32H30BrFN6O4. The summed E-state index contributed by atoms with van der Waals surface area (Å²) in [6.07, 6.45) is 4.11. The molecule has 1 saturated heterocycles. The van der Waals surface area contributed by atoms with E-state index in [1.807, 2.05) is 47.3 Å². The Kier molecular flexibility index (Phi) is 9.20. The molecule has 44 heavy (non-hydrogen) atoms. The fraction of sp³-hybridized carbons (Fsp3) is 0.281. The molecule has 1 atom stereocenters. The van der Waals surface area contributed by atoms with Crippen LogP contribution in [0.2, 0.25) is 0 Å². The zero-order valence-corrected chi connectivity index (χ0v) is 25.3. The molecule has 5 aromatic rings. The molecule has 1 fully saturated rings. The maximum absolute atomic E-state index is 13.3. The Morgan fingerprint density at radius 1 is 1.05 bits per heavy atom. The lowest BCUT2D eigenvalue weighted by Crippen LogP contribution is -2.34. The van der Waals surface area contributed by atoms with Gasteiger partial charge in [0.05, 0.1) is 22.8 Å². The highest BCUT2D eigenvalue weighted by Crippen LogP contribution is 2.28. The third kappa shape index (κ3) is 7.44. The summed E-state index contributed by atoms with van der Waals surface area (Å²) < 4.78 is 28.1. The van der Waals surface area contributed by atoms with Gasteiger partial charge in [-0.25, -0.2) is 9.07 Å². The number of nitro groups is 1. The molecule has 3 aromatic carbocycles. The van der Waals surface area contributed by atoms with E-state index in [0.717, 1.165) is 59.3 Å². The van der Waals surface area contributed by atoms with Gasteiger partial charge < -0.3 is 9.26 Å². The average molecular weight is 662 g/mol. The quantitative estimate of drug-likeness (QED) is 0.109. The highest BCUT2D eigenvalue weighted by molar-refractivity contribution is 9.10. The van der Waals surface area contributed by atoms with E-state index in [9.17, 15) is 14.5 Å². The third-order valence-corrected chi connectivity index (χ3v) is 8.33. The molecule has 12 heteroatoms. The van der Waals surface area contributed by atoms with Crippen molar-refractivity contribution >= 4 is 21.6 Å². The summed E-state index contributed by atoms with van der Waals surface area (Å²) in [6.45, 7) is 2.77. The minimum absolute atomic E-state index is 0.108. The van der Waals surface area contributed by atoms with Gasteiger partial charge in [-0.1, -0.05) is 50.6 Å². The van der Waals surface area contributed by atoms with E-state index in [1.165, 1.54) is 12.1 Å². The van der Waals surface area contributed by atoms with Gasteiger partial charge in [-0.2, -0.15) is 0 Å². The number of ether oxygens (including phenoxy) is 1. The number of hydrogen-bond acceptors (Lipinski definition) is 8. The lowest BCUT2D eigenvalue weighted by molar-refractivity contribution is -0.384. The molecule has 3 heterocycles. The number of nitro benzene ring substituents is 1. The number of hydrogen-bond donors (Lipinski definition) is 0. The van der Waals surface area contributed by atoms with Gasteiger partial charge in [0.15, 0.2) is 5.76 Å². The maximum atomic E-state index is 13.3. The number of benzene rings is 3. The molecule has 0 saturated carbocycles. The lowest BCUT2D eigenvalue weighted by Gasteiger charge is -2.31. The number of nitrogens with zero attached hydrogens (tertiary/aromatic N) is 6. The molecule has 6 rings (SSSR count). The van der Waals surface area contributed by atoms with Crippen molar-refractivity contribution in [2.45, 2.75) is 44.6 Å². The van der Waals surface area contributed by atoms with Crippen LogP contribution in [0.1, 0.15) is 47.6 Å². The standard InChI is InChI=1S/C32H30BrFN6O4/c33-25-7-3-24(4-8-25)32(43-21-30-18-31(36-44-30)23-5-9-26(34)10-6-23)17-27-20-39(37-35-27)28-13-15-38(16-14-28)19-22-1-11-29(12-2-22)40(41)42/h1-12,18,20,28,32H,13-17,19,21H2. The SMILES string of the molecule is O=[N+]([O-])c1ccc(CN2CCC(n3cc(CC(OCc4cc(-c5ccc(F)cc5)no4)c4ccc(Br)cc4)nn3)CC2)cc1. The van der Waals surface area contributed by atoms with Gasteiger partial charge in [0, 0.05) is 60.5 Å². The molecule has 2 aromatic heterocycles. The molecule has 0 radical (unpaired) electrons. The minimum Gasteiger partial charge on any atom is -0.365 e. The Labute approximate surface area is 261 Å². The Bertz CT molecular complexity index is 1680. The van der Waals surface area contributed by atoms with Crippen LogP contribution in [-0.4, -0.2) is 43.1 Å². The molecule has 1 unspecified atom stereocenters. The second kappa shape index (κ2) is 13.6.